The van der Waals surface area contributed by atoms with Gasteiger partial charge in [0.2, 0.25) is 0 Å². The van der Waals surface area contributed by atoms with Crippen molar-refractivity contribution in [3.63, 3.8) is 0 Å². The van der Waals surface area contributed by atoms with Crippen LogP contribution in [0.3, 0.4) is 0 Å². The molecule has 2 atom stereocenters. The quantitative estimate of drug-likeness (QED) is 0.145. The summed E-state index contributed by atoms with van der Waals surface area (Å²) in [6.45, 7) is 1.76. The Morgan fingerprint density at radius 1 is 0.743 bits per heavy atom. The van der Waals surface area contributed by atoms with Crippen molar-refractivity contribution >= 4 is 81.4 Å². The molecule has 0 radical (unpaired) electrons. The molecular weight excluding hydrogens is 561 g/mol. The average molecular weight is 573 g/mol. The Labute approximate surface area is 223 Å². The molecule has 3 aromatic rings. The number of carbonyl (C=O) groups is 3. The highest BCUT2D eigenvalue weighted by Crippen LogP contribution is 2.49. The zero-order chi connectivity index (χ0) is 25.3. The molecule has 0 unspecified atom stereocenters. The van der Waals surface area contributed by atoms with Gasteiger partial charge in [0.15, 0.2) is 0 Å². The van der Waals surface area contributed by atoms with Gasteiger partial charge in [-0.05, 0) is 48.4 Å². The number of anilines is 1. The Bertz CT molecular complexity index is 1430. The van der Waals surface area contributed by atoms with E-state index >= 15 is 0 Å². The van der Waals surface area contributed by atoms with Crippen LogP contribution < -0.4 is 4.90 Å². The van der Waals surface area contributed by atoms with Crippen LogP contribution in [0, 0.1) is 12.7 Å². The zero-order valence-electron chi connectivity index (χ0n) is 17.6. The van der Waals surface area contributed by atoms with Crippen molar-refractivity contribution in [2.45, 2.75) is 19.0 Å². The van der Waals surface area contributed by atoms with Crippen molar-refractivity contribution in [3.05, 3.63) is 95.6 Å². The molecule has 11 heteroatoms. The van der Waals surface area contributed by atoms with Crippen LogP contribution in [-0.2, 0) is 4.79 Å². The third kappa shape index (κ3) is 3.54. The van der Waals surface area contributed by atoms with Gasteiger partial charge in [-0.1, -0.05) is 70.1 Å². The van der Waals surface area contributed by atoms with Gasteiger partial charge in [0.25, 0.3) is 17.7 Å². The van der Waals surface area contributed by atoms with E-state index in [1.807, 2.05) is 0 Å². The summed E-state index contributed by atoms with van der Waals surface area (Å²) in [6, 6.07) is 8.34. The maximum absolute atomic E-state index is 14.2. The van der Waals surface area contributed by atoms with Gasteiger partial charge in [-0.15, -0.1) is 0 Å². The van der Waals surface area contributed by atoms with E-state index in [1.165, 1.54) is 23.1 Å². The van der Waals surface area contributed by atoms with Crippen molar-refractivity contribution in [2.24, 2.45) is 0 Å². The summed E-state index contributed by atoms with van der Waals surface area (Å²) in [5, 5.41) is -0.371. The van der Waals surface area contributed by atoms with Crippen LogP contribution in [0.1, 0.15) is 37.9 Å². The highest BCUT2D eigenvalue weighted by molar-refractivity contribution is 6.55. The molecule has 2 aliphatic rings. The average Bonchev–Trinajstić information content (AvgIpc) is 3.06. The molecule has 178 valence electrons. The van der Waals surface area contributed by atoms with E-state index in [0.717, 1.165) is 4.90 Å². The van der Waals surface area contributed by atoms with Crippen molar-refractivity contribution < 1.29 is 18.8 Å². The minimum Gasteiger partial charge on any atom is -0.300 e. The number of hydrogen-bond acceptors (Lipinski definition) is 3. The first-order chi connectivity index (χ1) is 16.5. The molecule has 0 N–H and O–H groups in total. The molecule has 5 nitrogen and oxygen atoms in total. The number of rotatable bonds is 3. The Hall–Kier alpha value is -2.35. The highest BCUT2D eigenvalue weighted by atomic mass is 35.5. The van der Waals surface area contributed by atoms with Gasteiger partial charge in [-0.25, -0.2) is 4.39 Å². The number of benzene rings is 3. The molecule has 5 rings (SSSR count). The van der Waals surface area contributed by atoms with E-state index in [9.17, 15) is 18.8 Å². The van der Waals surface area contributed by atoms with E-state index < -0.39 is 35.6 Å². The first-order valence-electron chi connectivity index (χ1n) is 10.1. The minimum absolute atomic E-state index is 0.180. The largest absolute Gasteiger partial charge is 0.300 e. The summed E-state index contributed by atoms with van der Waals surface area (Å²) < 4.78 is 14.2. The monoisotopic (exact) mass is 570 g/mol. The molecule has 0 bridgehead atoms. The van der Waals surface area contributed by atoms with Crippen molar-refractivity contribution in [1.82, 2.24) is 4.90 Å². The van der Waals surface area contributed by atoms with Gasteiger partial charge in [0.1, 0.15) is 11.9 Å². The number of fused-ring (bicyclic) bond motifs is 1. The second kappa shape index (κ2) is 8.64. The number of aryl methyl sites for hydroxylation is 1. The van der Waals surface area contributed by atoms with Crippen LogP contribution in [0.5, 0.6) is 0 Å². The molecule has 0 spiro atoms. The lowest BCUT2D eigenvalue weighted by Gasteiger charge is -2.50. The van der Waals surface area contributed by atoms with Crippen molar-refractivity contribution in [2.75, 3.05) is 4.90 Å². The standard InChI is InChI=1S/C24H12Cl5FN2O3/c1-9-7-11(25)5-6-13(9)31-20(10-3-2-4-12(30)8-10)21(24(31)35)32-22(33)14-15(23(32)34)17(27)19(29)18(28)16(14)26/h2-8,20-21H,1H3/t20-,21+/m0/s1. The summed E-state index contributed by atoms with van der Waals surface area (Å²) in [6.07, 6.45) is 0. The number of imide groups is 1. The van der Waals surface area contributed by atoms with Crippen LogP contribution in [0.25, 0.3) is 0 Å². The van der Waals surface area contributed by atoms with Crippen molar-refractivity contribution in [3.8, 4) is 0 Å². The molecule has 0 aliphatic carbocycles. The smallest absolute Gasteiger partial charge is 0.264 e. The van der Waals surface area contributed by atoms with Crippen molar-refractivity contribution in [1.29, 1.82) is 0 Å². The van der Waals surface area contributed by atoms with Gasteiger partial charge in [-0.3, -0.25) is 19.3 Å². The van der Waals surface area contributed by atoms with E-state index in [-0.39, 0.29) is 31.2 Å². The third-order valence-electron chi connectivity index (χ3n) is 6.09. The zero-order valence-corrected chi connectivity index (χ0v) is 21.4. The summed E-state index contributed by atoms with van der Waals surface area (Å²) in [5.41, 5.74) is 1.10. The Balaban J connectivity index is 1.65. The second-order valence-electron chi connectivity index (χ2n) is 8.07. The third-order valence-corrected chi connectivity index (χ3v) is 8.12. The SMILES string of the molecule is Cc1cc(Cl)ccc1N1C(=O)[C@H](N2C(=O)c3c(Cl)c(Cl)c(Cl)c(Cl)c3C2=O)[C@@H]1c1cccc(F)c1. The number of halogens is 6. The van der Waals surface area contributed by atoms with Gasteiger partial charge in [0.05, 0.1) is 37.3 Å². The minimum atomic E-state index is -1.29. The first-order valence-corrected chi connectivity index (χ1v) is 12.0. The second-order valence-corrected chi connectivity index (χ2v) is 10.0. The summed E-state index contributed by atoms with van der Waals surface area (Å²) in [5.74, 6) is -2.78. The normalized spacial score (nSPS) is 19.3. The number of hydrogen-bond donors (Lipinski definition) is 0. The topological polar surface area (TPSA) is 57.7 Å². The molecule has 2 aliphatic heterocycles. The van der Waals surface area contributed by atoms with Gasteiger partial charge >= 0.3 is 0 Å². The van der Waals surface area contributed by atoms with Gasteiger partial charge in [0, 0.05) is 10.7 Å². The van der Waals surface area contributed by atoms with Crippen LogP contribution in [0.4, 0.5) is 10.1 Å². The maximum Gasteiger partial charge on any atom is 0.264 e. The molecule has 3 amide bonds. The Kier molecular flexibility index (Phi) is 6.01. The van der Waals surface area contributed by atoms with E-state index in [0.29, 0.717) is 21.8 Å². The fraction of sp³-hybridized carbons (Fsp3) is 0.125. The van der Waals surface area contributed by atoms with E-state index in [4.69, 9.17) is 58.0 Å². The molecule has 0 aromatic heterocycles. The molecule has 0 saturated carbocycles. The molecule has 3 aromatic carbocycles. The number of β-lactam (4-membered cyclic amide) rings is 1. The fourth-order valence-electron chi connectivity index (χ4n) is 4.52. The maximum atomic E-state index is 14.2. The Morgan fingerprint density at radius 3 is 1.89 bits per heavy atom. The summed E-state index contributed by atoms with van der Waals surface area (Å²) in [4.78, 5) is 42.6. The number of nitrogens with zero attached hydrogens (tertiary/aromatic N) is 2. The molecule has 1 saturated heterocycles. The lowest BCUT2D eigenvalue weighted by Crippen LogP contribution is -2.67. The summed E-state index contributed by atoms with van der Waals surface area (Å²) in [7, 11) is 0. The highest BCUT2D eigenvalue weighted by Gasteiger charge is 2.58. The number of carbonyl (C=O) groups excluding carboxylic acids is 3. The van der Waals surface area contributed by atoms with Crippen LogP contribution in [0.15, 0.2) is 42.5 Å². The number of amides is 3. The molecule has 2 heterocycles. The lowest BCUT2D eigenvalue weighted by atomic mass is 9.85. The first kappa shape index (κ1) is 24.3. The van der Waals surface area contributed by atoms with Crippen LogP contribution in [-0.4, -0.2) is 28.7 Å². The van der Waals surface area contributed by atoms with Gasteiger partial charge < -0.3 is 4.90 Å². The van der Waals surface area contributed by atoms with E-state index in [1.54, 1.807) is 31.2 Å². The van der Waals surface area contributed by atoms with E-state index in [2.05, 4.69) is 0 Å². The molecular formula is C24H12Cl5FN2O3. The Morgan fingerprint density at radius 2 is 1.34 bits per heavy atom. The predicted octanol–water partition coefficient (Wildman–Crippen LogP) is 7.15. The van der Waals surface area contributed by atoms with Gasteiger partial charge in [-0.2, -0.15) is 0 Å². The summed E-state index contributed by atoms with van der Waals surface area (Å²) >= 11 is 30.8. The van der Waals surface area contributed by atoms with Crippen LogP contribution >= 0.6 is 58.0 Å². The molecule has 35 heavy (non-hydrogen) atoms. The predicted molar refractivity (Wildman–Crippen MR) is 134 cm³/mol. The fourth-order valence-corrected chi connectivity index (χ4v) is 5.77. The molecule has 1 fully saturated rings. The lowest BCUT2D eigenvalue weighted by molar-refractivity contribution is -0.130. The van der Waals surface area contributed by atoms with Crippen LogP contribution in [0.2, 0.25) is 25.1 Å².